The van der Waals surface area contributed by atoms with Crippen molar-refractivity contribution in [2.24, 2.45) is 0 Å². The molecule has 0 heterocycles. The summed E-state index contributed by atoms with van der Waals surface area (Å²) in [5.41, 5.74) is -3.53. The van der Waals surface area contributed by atoms with Crippen LogP contribution < -0.4 is 113 Å². The molecule has 0 saturated heterocycles. The molecule has 0 aromatic carbocycles. The van der Waals surface area contributed by atoms with Gasteiger partial charge in [-0.15, -0.1) is 0 Å². The van der Waals surface area contributed by atoms with Crippen molar-refractivity contribution in [3.8, 4) is 0 Å². The molecule has 18 heavy (non-hydrogen) atoms. The number of carboxylic acids is 2. The Labute approximate surface area is 193 Å². The minimum Gasteiger partial charge on any atom is -0.846 e. The van der Waals surface area contributed by atoms with Gasteiger partial charge in [-0.2, -0.15) is 0 Å². The molecule has 0 radical (unpaired) electrons. The van der Waals surface area contributed by atoms with Crippen molar-refractivity contribution in [1.29, 1.82) is 0 Å². The fraction of sp³-hybridized carbons (Fsp3) is 0.778. The molecule has 0 aliphatic carbocycles. The maximum atomic E-state index is 10.1. The molecule has 0 atom stereocenters. The van der Waals surface area contributed by atoms with Crippen LogP contribution in [-0.2, 0) is 9.59 Å². The number of carboxylic acid groups (broad SMARTS) is 2. The topological polar surface area (TPSA) is 121 Å². The zero-order valence-corrected chi connectivity index (χ0v) is 17.2. The molecule has 0 fully saturated rings. The number of carbonyl (C=O) groups excluding carboxylic acids is 1. The molecule has 0 spiro atoms. The standard InChI is InChI=1S/C4H8O3.C4H7O3.CH4.FH.2K.H2/c2*1-4(2,7)3(5)6;;;;;/h7H,1-2H3,(H,5,6);1-2H3,(H,5,6);1H4;1H;;;1H/q;-1;;;2*+1;/p-1/i;;;;;;1+2. The SMILES string of the molecule is C.CC(C)(O)C(=O)O.CC(C)([O-])C(=O)[O-].F.[3HH].[K+].[K+]. The Bertz CT molecular complexity index is 204. The van der Waals surface area contributed by atoms with Crippen LogP contribution >= 0.6 is 0 Å². The number of rotatable bonds is 2. The van der Waals surface area contributed by atoms with E-state index in [1.165, 1.54) is 13.8 Å². The van der Waals surface area contributed by atoms with Crippen molar-refractivity contribution >= 4 is 11.9 Å². The summed E-state index contributed by atoms with van der Waals surface area (Å²) in [6, 6.07) is 0. The van der Waals surface area contributed by atoms with E-state index < -0.39 is 23.1 Å². The van der Waals surface area contributed by atoms with Crippen LogP contribution in [0, 0.1) is 0 Å². The largest absolute Gasteiger partial charge is 1.00 e. The van der Waals surface area contributed by atoms with Gasteiger partial charge in [0.25, 0.3) is 0 Å². The Hall–Kier alpha value is 2.06. The zero-order valence-electron chi connectivity index (χ0n) is 10.9. The fourth-order valence-electron chi connectivity index (χ4n) is 0. The van der Waals surface area contributed by atoms with Crippen molar-refractivity contribution < 1.29 is 139 Å². The van der Waals surface area contributed by atoms with Crippen molar-refractivity contribution in [2.45, 2.75) is 46.3 Å². The smallest absolute Gasteiger partial charge is 0.846 e. The first-order chi connectivity index (χ1) is 5.89. The van der Waals surface area contributed by atoms with Gasteiger partial charge in [0, 0.05) is 7.40 Å². The predicted molar refractivity (Wildman–Crippen MR) is 54.4 cm³/mol. The van der Waals surface area contributed by atoms with E-state index in [0.717, 1.165) is 13.8 Å². The van der Waals surface area contributed by atoms with Crippen LogP contribution in [0.5, 0.6) is 0 Å². The number of aliphatic carboxylic acids is 2. The molecule has 102 valence electrons. The first kappa shape index (κ1) is 36.9. The molecular weight excluding hydrogens is 301 g/mol. The van der Waals surface area contributed by atoms with Crippen LogP contribution in [0.4, 0.5) is 4.70 Å². The van der Waals surface area contributed by atoms with E-state index in [9.17, 15) is 19.8 Å². The molecule has 0 aliphatic heterocycles. The maximum Gasteiger partial charge on any atom is 1.00 e. The van der Waals surface area contributed by atoms with Gasteiger partial charge in [0.2, 0.25) is 0 Å². The Balaban J connectivity index is -0.0000000240. The van der Waals surface area contributed by atoms with E-state index >= 15 is 0 Å². The molecule has 6 nitrogen and oxygen atoms in total. The molecular formula is C9H21FK2O6. The first-order valence-electron chi connectivity index (χ1n) is 3.76. The Kier molecular flexibility index (Phi) is 31.6. The van der Waals surface area contributed by atoms with E-state index in [4.69, 9.17) is 10.2 Å². The molecule has 0 saturated carbocycles. The fourth-order valence-corrected chi connectivity index (χ4v) is 0. The van der Waals surface area contributed by atoms with Gasteiger partial charge >= 0.3 is 109 Å². The third kappa shape index (κ3) is 26.6. The third-order valence-corrected chi connectivity index (χ3v) is 1.01. The van der Waals surface area contributed by atoms with E-state index in [-0.39, 0.29) is 116 Å². The molecule has 9 heteroatoms. The van der Waals surface area contributed by atoms with Crippen molar-refractivity contribution in [1.82, 2.24) is 0 Å². The summed E-state index contributed by atoms with van der Waals surface area (Å²) in [5, 5.41) is 36.2. The summed E-state index contributed by atoms with van der Waals surface area (Å²) < 4.78 is 0. The van der Waals surface area contributed by atoms with Crippen LogP contribution in [0.25, 0.3) is 0 Å². The van der Waals surface area contributed by atoms with Crippen LogP contribution in [0.1, 0.15) is 36.5 Å². The molecule has 0 rings (SSSR count). The van der Waals surface area contributed by atoms with Gasteiger partial charge in [0.05, 0.1) is 0 Å². The zero-order chi connectivity index (χ0) is 12.2. The van der Waals surface area contributed by atoms with Gasteiger partial charge < -0.3 is 25.2 Å². The quantitative estimate of drug-likeness (QED) is 0.487. The molecule has 0 amide bonds. The van der Waals surface area contributed by atoms with Crippen LogP contribution in [0.3, 0.4) is 0 Å². The number of aliphatic hydroxyl groups is 1. The summed E-state index contributed by atoms with van der Waals surface area (Å²) in [6.07, 6.45) is 0. The Morgan fingerprint density at radius 1 is 1.11 bits per heavy atom. The average Bonchev–Trinajstić information content (AvgIpc) is 1.83. The van der Waals surface area contributed by atoms with Gasteiger partial charge in [0.1, 0.15) is 0 Å². The second-order valence-corrected chi connectivity index (χ2v) is 3.66. The summed E-state index contributed by atoms with van der Waals surface area (Å²) in [6.45, 7) is 4.52. The first-order valence-corrected chi connectivity index (χ1v) is 3.76. The molecule has 0 aliphatic rings. The van der Waals surface area contributed by atoms with Gasteiger partial charge in [0.15, 0.2) is 5.60 Å². The summed E-state index contributed by atoms with van der Waals surface area (Å²) in [7, 11) is 0. The second kappa shape index (κ2) is 15.5. The Morgan fingerprint density at radius 3 is 1.22 bits per heavy atom. The number of halogens is 1. The summed E-state index contributed by atoms with van der Waals surface area (Å²) in [4.78, 5) is 19.4. The van der Waals surface area contributed by atoms with Crippen LogP contribution in [0.15, 0.2) is 0 Å². The van der Waals surface area contributed by atoms with Gasteiger partial charge in [-0.1, -0.05) is 26.9 Å². The van der Waals surface area contributed by atoms with E-state index in [2.05, 4.69) is 0 Å². The molecule has 0 bridgehead atoms. The van der Waals surface area contributed by atoms with Gasteiger partial charge in [-0.25, -0.2) is 4.79 Å². The van der Waals surface area contributed by atoms with Gasteiger partial charge in [-0.05, 0) is 13.8 Å². The van der Waals surface area contributed by atoms with Gasteiger partial charge in [-0.3, -0.25) is 4.70 Å². The van der Waals surface area contributed by atoms with Crippen LogP contribution in [-0.4, -0.2) is 33.4 Å². The number of carbonyl (C=O) groups is 2. The normalized spacial score (nSPS) is 8.78. The minimum atomic E-state index is -1.94. The van der Waals surface area contributed by atoms with Crippen LogP contribution in [0.2, 0.25) is 0 Å². The summed E-state index contributed by atoms with van der Waals surface area (Å²) >= 11 is 0. The minimum absolute atomic E-state index is 0. The van der Waals surface area contributed by atoms with Crippen molar-refractivity contribution in [3.63, 3.8) is 0 Å². The van der Waals surface area contributed by atoms with E-state index in [0.29, 0.717) is 0 Å². The van der Waals surface area contributed by atoms with E-state index in [1.807, 2.05) is 0 Å². The second-order valence-electron chi connectivity index (χ2n) is 3.66. The third-order valence-electron chi connectivity index (χ3n) is 1.01. The maximum absolute atomic E-state index is 10.1. The van der Waals surface area contributed by atoms with Crippen molar-refractivity contribution in [2.75, 3.05) is 0 Å². The average molecular weight is 324 g/mol. The van der Waals surface area contributed by atoms with Crippen molar-refractivity contribution in [3.05, 3.63) is 0 Å². The summed E-state index contributed by atoms with van der Waals surface area (Å²) in [5.74, 6) is -2.76. The Morgan fingerprint density at radius 2 is 1.22 bits per heavy atom. The molecule has 0 unspecified atom stereocenters. The number of hydrogen-bond acceptors (Lipinski definition) is 5. The predicted octanol–water partition coefficient (Wildman–Crippen LogP) is -7.24. The van der Waals surface area contributed by atoms with E-state index in [1.54, 1.807) is 0 Å². The molecule has 0 aromatic rings. The molecule has 2 N–H and O–H groups in total. The molecule has 0 aromatic heterocycles. The number of hydrogen-bond donors (Lipinski definition) is 2. The monoisotopic (exact) mass is 324 g/mol.